The second kappa shape index (κ2) is 8.91. The van der Waals surface area contributed by atoms with E-state index in [1.54, 1.807) is 17.3 Å². The summed E-state index contributed by atoms with van der Waals surface area (Å²) < 4.78 is 0. The van der Waals surface area contributed by atoms with E-state index in [2.05, 4.69) is 25.3 Å². The van der Waals surface area contributed by atoms with Crippen LogP contribution in [0.1, 0.15) is 26.5 Å². The third-order valence-electron chi connectivity index (χ3n) is 5.57. The highest BCUT2D eigenvalue weighted by molar-refractivity contribution is 7.20. The van der Waals surface area contributed by atoms with Crippen molar-refractivity contribution in [2.24, 2.45) is 0 Å². The molecule has 7 nitrogen and oxygen atoms in total. The Bertz CT molecular complexity index is 1440. The molecule has 0 aliphatic heterocycles. The van der Waals surface area contributed by atoms with Crippen LogP contribution in [0.15, 0.2) is 67.3 Å². The average Bonchev–Trinajstić information content (AvgIpc) is 3.20. The molecule has 1 aromatic carbocycles. The molecule has 0 saturated heterocycles. The molecular weight excluding hydrogens is 432 g/mol. The van der Waals surface area contributed by atoms with E-state index >= 15 is 0 Å². The SMILES string of the molecule is Cc1c(C(=O)N(C)Cc2cccc3ncccc23)sc2ncnc(NCc3ccccn3)c12. The molecule has 1 amide bonds. The van der Waals surface area contributed by atoms with Crippen molar-refractivity contribution in [3.05, 3.63) is 88.9 Å². The highest BCUT2D eigenvalue weighted by atomic mass is 32.1. The molecule has 0 spiro atoms. The first-order valence-electron chi connectivity index (χ1n) is 10.6. The fraction of sp³-hybridized carbons (Fsp3) is 0.160. The molecule has 164 valence electrons. The molecule has 0 unspecified atom stereocenters. The third-order valence-corrected chi connectivity index (χ3v) is 6.76. The van der Waals surface area contributed by atoms with E-state index < -0.39 is 0 Å². The molecule has 4 heterocycles. The van der Waals surface area contributed by atoms with E-state index in [9.17, 15) is 4.79 Å². The number of pyridine rings is 2. The Morgan fingerprint density at radius 3 is 2.73 bits per heavy atom. The van der Waals surface area contributed by atoms with Crippen LogP contribution in [0.5, 0.6) is 0 Å². The van der Waals surface area contributed by atoms with Crippen LogP contribution in [0.3, 0.4) is 0 Å². The fourth-order valence-corrected chi connectivity index (χ4v) is 5.04. The predicted octanol–water partition coefficient (Wildman–Crippen LogP) is 4.83. The molecule has 0 atom stereocenters. The quantitative estimate of drug-likeness (QED) is 0.396. The number of hydrogen-bond donors (Lipinski definition) is 1. The van der Waals surface area contributed by atoms with Crippen LogP contribution < -0.4 is 5.32 Å². The number of benzene rings is 1. The Balaban J connectivity index is 1.42. The topological polar surface area (TPSA) is 83.9 Å². The number of fused-ring (bicyclic) bond motifs is 2. The number of thiophene rings is 1. The maximum absolute atomic E-state index is 13.4. The van der Waals surface area contributed by atoms with Gasteiger partial charge in [-0.3, -0.25) is 14.8 Å². The van der Waals surface area contributed by atoms with Gasteiger partial charge in [0.2, 0.25) is 0 Å². The maximum Gasteiger partial charge on any atom is 0.264 e. The molecule has 5 rings (SSSR count). The minimum absolute atomic E-state index is 0.0351. The molecule has 0 saturated carbocycles. The van der Waals surface area contributed by atoms with Crippen LogP contribution in [0.25, 0.3) is 21.1 Å². The summed E-state index contributed by atoms with van der Waals surface area (Å²) in [6.07, 6.45) is 5.07. The lowest BCUT2D eigenvalue weighted by atomic mass is 10.1. The molecule has 8 heteroatoms. The standard InChI is InChI=1S/C25H22N6OS/c1-16-21-23(28-13-18-8-3-4-11-26-18)29-15-30-24(21)33-22(16)25(32)31(2)14-17-7-5-10-20-19(17)9-6-12-27-20/h3-12,15H,13-14H2,1-2H3,(H,28,29,30). The summed E-state index contributed by atoms with van der Waals surface area (Å²) in [5, 5.41) is 5.28. The summed E-state index contributed by atoms with van der Waals surface area (Å²) >= 11 is 1.40. The molecular formula is C25H22N6OS. The molecule has 33 heavy (non-hydrogen) atoms. The number of nitrogens with one attached hydrogen (secondary N) is 1. The monoisotopic (exact) mass is 454 g/mol. The van der Waals surface area contributed by atoms with Crippen molar-refractivity contribution < 1.29 is 4.79 Å². The molecule has 0 aliphatic rings. The lowest BCUT2D eigenvalue weighted by molar-refractivity contribution is 0.0790. The highest BCUT2D eigenvalue weighted by Crippen LogP contribution is 2.34. The number of aryl methyl sites for hydroxylation is 1. The lowest BCUT2D eigenvalue weighted by Gasteiger charge is -2.18. The molecule has 1 N–H and O–H groups in total. The van der Waals surface area contributed by atoms with Gasteiger partial charge in [-0.2, -0.15) is 0 Å². The van der Waals surface area contributed by atoms with Crippen molar-refractivity contribution in [2.45, 2.75) is 20.0 Å². The summed E-state index contributed by atoms with van der Waals surface area (Å²) in [7, 11) is 1.83. The van der Waals surface area contributed by atoms with Crippen molar-refractivity contribution in [2.75, 3.05) is 12.4 Å². The zero-order valence-electron chi connectivity index (χ0n) is 18.3. The molecule has 4 aromatic heterocycles. The van der Waals surface area contributed by atoms with Crippen molar-refractivity contribution in [1.29, 1.82) is 0 Å². The first-order valence-corrected chi connectivity index (χ1v) is 11.4. The zero-order chi connectivity index (χ0) is 22.8. The van der Waals surface area contributed by atoms with E-state index in [4.69, 9.17) is 0 Å². The predicted molar refractivity (Wildman–Crippen MR) is 131 cm³/mol. The van der Waals surface area contributed by atoms with E-state index in [-0.39, 0.29) is 5.91 Å². The van der Waals surface area contributed by atoms with Crippen LogP contribution in [-0.2, 0) is 13.1 Å². The summed E-state index contributed by atoms with van der Waals surface area (Å²) in [6.45, 7) is 2.99. The highest BCUT2D eigenvalue weighted by Gasteiger charge is 2.22. The van der Waals surface area contributed by atoms with Gasteiger partial charge in [-0.05, 0) is 42.3 Å². The molecule has 0 fully saturated rings. The number of amides is 1. The van der Waals surface area contributed by atoms with Gasteiger partial charge in [0.1, 0.15) is 17.0 Å². The largest absolute Gasteiger partial charge is 0.364 e. The van der Waals surface area contributed by atoms with Crippen LogP contribution >= 0.6 is 11.3 Å². The first kappa shape index (κ1) is 21.0. The summed E-state index contributed by atoms with van der Waals surface area (Å²) in [5.41, 5.74) is 3.79. The van der Waals surface area contributed by atoms with Gasteiger partial charge in [-0.25, -0.2) is 9.97 Å². The van der Waals surface area contributed by atoms with Gasteiger partial charge in [0.15, 0.2) is 0 Å². The smallest absolute Gasteiger partial charge is 0.264 e. The second-order valence-electron chi connectivity index (χ2n) is 7.78. The summed E-state index contributed by atoms with van der Waals surface area (Å²) in [6, 6.07) is 15.7. The van der Waals surface area contributed by atoms with Gasteiger partial charge in [-0.1, -0.05) is 24.3 Å². The van der Waals surface area contributed by atoms with Gasteiger partial charge >= 0.3 is 0 Å². The van der Waals surface area contributed by atoms with Crippen molar-refractivity contribution in [3.8, 4) is 0 Å². The number of anilines is 1. The van der Waals surface area contributed by atoms with Crippen molar-refractivity contribution in [1.82, 2.24) is 24.8 Å². The van der Waals surface area contributed by atoms with Gasteiger partial charge in [0.05, 0.1) is 28.0 Å². The lowest BCUT2D eigenvalue weighted by Crippen LogP contribution is -2.26. The Morgan fingerprint density at radius 1 is 1.00 bits per heavy atom. The number of carbonyl (C=O) groups is 1. The number of aromatic nitrogens is 4. The fourth-order valence-electron chi connectivity index (χ4n) is 3.89. The average molecular weight is 455 g/mol. The Hall–Kier alpha value is -3.91. The first-order chi connectivity index (χ1) is 16.1. The molecule has 5 aromatic rings. The molecule has 0 aliphatic carbocycles. The number of hydrogen-bond acceptors (Lipinski definition) is 7. The van der Waals surface area contributed by atoms with Gasteiger partial charge in [0, 0.05) is 31.4 Å². The van der Waals surface area contributed by atoms with Crippen molar-refractivity contribution >= 4 is 44.2 Å². The van der Waals surface area contributed by atoms with E-state index in [1.807, 2.05) is 62.5 Å². The van der Waals surface area contributed by atoms with E-state index in [0.29, 0.717) is 23.8 Å². The van der Waals surface area contributed by atoms with E-state index in [0.717, 1.165) is 37.9 Å². The molecule has 0 bridgehead atoms. The van der Waals surface area contributed by atoms with Crippen LogP contribution in [0, 0.1) is 6.92 Å². The van der Waals surface area contributed by atoms with Gasteiger partial charge in [-0.15, -0.1) is 11.3 Å². The minimum atomic E-state index is -0.0351. The van der Waals surface area contributed by atoms with Gasteiger partial charge in [0.25, 0.3) is 5.91 Å². The van der Waals surface area contributed by atoms with Crippen LogP contribution in [0.4, 0.5) is 5.82 Å². The van der Waals surface area contributed by atoms with E-state index in [1.165, 1.54) is 17.7 Å². The molecule has 0 radical (unpaired) electrons. The maximum atomic E-state index is 13.4. The second-order valence-corrected chi connectivity index (χ2v) is 8.78. The van der Waals surface area contributed by atoms with Crippen LogP contribution in [-0.4, -0.2) is 37.8 Å². The minimum Gasteiger partial charge on any atom is -0.364 e. The normalized spacial score (nSPS) is 11.1. The Morgan fingerprint density at radius 2 is 1.88 bits per heavy atom. The number of nitrogens with zero attached hydrogens (tertiary/aromatic N) is 5. The Kier molecular flexibility index (Phi) is 5.66. The number of carbonyl (C=O) groups excluding carboxylic acids is 1. The van der Waals surface area contributed by atoms with Gasteiger partial charge < -0.3 is 10.2 Å². The third kappa shape index (κ3) is 4.12. The zero-order valence-corrected chi connectivity index (χ0v) is 19.1. The summed E-state index contributed by atoms with van der Waals surface area (Å²) in [4.78, 5) is 34.2. The number of rotatable bonds is 6. The van der Waals surface area contributed by atoms with Crippen LogP contribution in [0.2, 0.25) is 0 Å². The van der Waals surface area contributed by atoms with Crippen molar-refractivity contribution in [3.63, 3.8) is 0 Å². The summed E-state index contributed by atoms with van der Waals surface area (Å²) in [5.74, 6) is 0.674. The Labute approximate surface area is 195 Å².